The number of carboxylic acids is 1. The third-order valence-corrected chi connectivity index (χ3v) is 2.89. The van der Waals surface area contributed by atoms with Crippen LogP contribution in [0.2, 0.25) is 0 Å². The molecular weight excluding hydrogens is 320 g/mol. The highest BCUT2D eigenvalue weighted by atomic mass is 19.4. The molecule has 1 aromatic rings. The van der Waals surface area contributed by atoms with Gasteiger partial charge in [-0.3, -0.25) is 0 Å². The normalized spacial score (nSPS) is 21.0. The Labute approximate surface area is 119 Å². The molecule has 0 amide bonds. The van der Waals surface area contributed by atoms with Gasteiger partial charge in [0.2, 0.25) is 0 Å². The molecule has 0 bridgehead atoms. The number of alkyl halides is 6. The first-order valence-electron chi connectivity index (χ1n) is 5.62. The van der Waals surface area contributed by atoms with Crippen molar-refractivity contribution in [3.05, 3.63) is 29.8 Å². The third-order valence-electron chi connectivity index (χ3n) is 2.89. The van der Waals surface area contributed by atoms with E-state index < -0.39 is 29.8 Å². The van der Waals surface area contributed by atoms with E-state index in [0.717, 1.165) is 24.3 Å². The maximum Gasteiger partial charge on any atom is 0.573 e. The van der Waals surface area contributed by atoms with E-state index in [1.807, 2.05) is 0 Å². The molecule has 0 aliphatic carbocycles. The van der Waals surface area contributed by atoms with Gasteiger partial charge in [-0.2, -0.15) is 13.2 Å². The summed E-state index contributed by atoms with van der Waals surface area (Å²) in [6.07, 6.45) is -8.99. The summed E-state index contributed by atoms with van der Waals surface area (Å²) >= 11 is 0. The van der Waals surface area contributed by atoms with E-state index in [2.05, 4.69) is 4.74 Å². The predicted octanol–water partition coefficient (Wildman–Crippen LogP) is 3.41. The monoisotopic (exact) mass is 327 g/mol. The van der Waals surface area contributed by atoms with E-state index in [0.29, 0.717) is 6.08 Å². The molecule has 1 heterocycles. The molecule has 0 saturated heterocycles. The van der Waals surface area contributed by atoms with Gasteiger partial charge in [0.15, 0.2) is 0 Å². The zero-order valence-electron chi connectivity index (χ0n) is 10.4. The number of halogens is 6. The van der Waals surface area contributed by atoms with Crippen molar-refractivity contribution >= 4 is 17.7 Å². The SMILES string of the molecule is O=C(O)C1(C(F)(F)F)C=Cc2cc(OC(F)(F)F)ccc2N1. The van der Waals surface area contributed by atoms with E-state index in [4.69, 9.17) is 5.11 Å². The number of hydrogen-bond donors (Lipinski definition) is 2. The van der Waals surface area contributed by atoms with Gasteiger partial charge in [-0.1, -0.05) is 6.08 Å². The Bertz CT molecular complexity index is 637. The van der Waals surface area contributed by atoms with E-state index >= 15 is 0 Å². The van der Waals surface area contributed by atoms with Crippen molar-refractivity contribution in [1.29, 1.82) is 0 Å². The highest BCUT2D eigenvalue weighted by molar-refractivity contribution is 5.92. The van der Waals surface area contributed by atoms with Crippen LogP contribution in [-0.4, -0.2) is 29.2 Å². The van der Waals surface area contributed by atoms with Gasteiger partial charge in [0.25, 0.3) is 5.54 Å². The van der Waals surface area contributed by atoms with Crippen molar-refractivity contribution in [2.45, 2.75) is 18.1 Å². The Balaban J connectivity index is 2.40. The number of carboxylic acid groups (broad SMARTS) is 1. The minimum Gasteiger partial charge on any atom is -0.479 e. The van der Waals surface area contributed by atoms with Crippen LogP contribution in [0.1, 0.15) is 5.56 Å². The van der Waals surface area contributed by atoms with Crippen LogP contribution in [0.15, 0.2) is 24.3 Å². The number of fused-ring (bicyclic) bond motifs is 1. The number of rotatable bonds is 2. The third kappa shape index (κ3) is 2.81. The van der Waals surface area contributed by atoms with Crippen molar-refractivity contribution in [3.63, 3.8) is 0 Å². The molecule has 0 radical (unpaired) electrons. The van der Waals surface area contributed by atoms with Gasteiger partial charge in [-0.25, -0.2) is 4.79 Å². The first-order valence-corrected chi connectivity index (χ1v) is 5.62. The molecule has 4 nitrogen and oxygen atoms in total. The average Bonchev–Trinajstić information content (AvgIpc) is 2.34. The Morgan fingerprint density at radius 2 is 1.82 bits per heavy atom. The standard InChI is InChI=1S/C12H7F6NO3/c13-11(14,15)10(9(20)21)4-3-6-5-7(22-12(16,17)18)1-2-8(6)19-10/h1-5,19H,(H,20,21). The molecule has 1 unspecified atom stereocenters. The highest BCUT2D eigenvalue weighted by Crippen LogP contribution is 2.40. The van der Waals surface area contributed by atoms with Crippen LogP contribution in [0, 0.1) is 0 Å². The molecule has 1 aliphatic heterocycles. The minimum absolute atomic E-state index is 0.0668. The predicted molar refractivity (Wildman–Crippen MR) is 62.2 cm³/mol. The van der Waals surface area contributed by atoms with Crippen molar-refractivity contribution in [2.75, 3.05) is 5.32 Å². The molecule has 120 valence electrons. The van der Waals surface area contributed by atoms with Crippen molar-refractivity contribution in [1.82, 2.24) is 0 Å². The topological polar surface area (TPSA) is 58.6 Å². The molecule has 2 rings (SSSR count). The Morgan fingerprint density at radius 3 is 2.32 bits per heavy atom. The molecule has 22 heavy (non-hydrogen) atoms. The van der Waals surface area contributed by atoms with Crippen LogP contribution in [0.5, 0.6) is 5.75 Å². The van der Waals surface area contributed by atoms with Gasteiger partial charge >= 0.3 is 18.5 Å². The Morgan fingerprint density at radius 1 is 1.18 bits per heavy atom. The first-order chi connectivity index (χ1) is 9.95. The summed E-state index contributed by atoms with van der Waals surface area (Å²) in [6.45, 7) is 0. The van der Waals surface area contributed by atoms with Gasteiger partial charge in [-0.15, -0.1) is 13.2 Å². The number of ether oxygens (including phenoxy) is 1. The molecule has 0 aromatic heterocycles. The van der Waals surface area contributed by atoms with Crippen molar-refractivity contribution in [2.24, 2.45) is 0 Å². The van der Waals surface area contributed by atoms with Crippen LogP contribution in [0.25, 0.3) is 6.08 Å². The molecule has 0 fully saturated rings. The molecule has 1 atom stereocenters. The Kier molecular flexibility index (Phi) is 3.50. The highest BCUT2D eigenvalue weighted by Gasteiger charge is 2.60. The molecule has 1 aromatic carbocycles. The fourth-order valence-corrected chi connectivity index (χ4v) is 1.87. The van der Waals surface area contributed by atoms with E-state index in [1.165, 1.54) is 0 Å². The number of carbonyl (C=O) groups is 1. The fraction of sp³-hybridized carbons (Fsp3) is 0.250. The largest absolute Gasteiger partial charge is 0.573 e. The number of nitrogens with one attached hydrogen (secondary N) is 1. The van der Waals surface area contributed by atoms with Crippen molar-refractivity contribution in [3.8, 4) is 5.75 Å². The second-order valence-electron chi connectivity index (χ2n) is 4.37. The van der Waals surface area contributed by atoms with E-state index in [1.54, 1.807) is 5.32 Å². The zero-order chi connectivity index (χ0) is 16.8. The summed E-state index contributed by atoms with van der Waals surface area (Å²) in [5, 5.41) is 10.6. The molecular formula is C12H7F6NO3. The second-order valence-corrected chi connectivity index (χ2v) is 4.37. The lowest BCUT2D eigenvalue weighted by Crippen LogP contribution is -2.57. The first kappa shape index (κ1) is 16.0. The molecule has 0 saturated carbocycles. The van der Waals surface area contributed by atoms with Gasteiger partial charge in [0, 0.05) is 11.3 Å². The maximum absolute atomic E-state index is 13.0. The zero-order valence-corrected chi connectivity index (χ0v) is 10.4. The number of benzene rings is 1. The smallest absolute Gasteiger partial charge is 0.479 e. The molecule has 2 N–H and O–H groups in total. The average molecular weight is 327 g/mol. The van der Waals surface area contributed by atoms with Crippen LogP contribution < -0.4 is 10.1 Å². The summed E-state index contributed by atoms with van der Waals surface area (Å²) in [5.74, 6) is -2.81. The summed E-state index contributed by atoms with van der Waals surface area (Å²) in [5.41, 5.74) is -3.69. The van der Waals surface area contributed by atoms with E-state index in [9.17, 15) is 31.1 Å². The molecule has 0 spiro atoms. The summed E-state index contributed by atoms with van der Waals surface area (Å²) in [4.78, 5) is 11.0. The fourth-order valence-electron chi connectivity index (χ4n) is 1.87. The van der Waals surface area contributed by atoms with Crippen LogP contribution in [-0.2, 0) is 4.79 Å². The lowest BCUT2D eigenvalue weighted by atomic mass is 9.92. The number of anilines is 1. The van der Waals surface area contributed by atoms with Gasteiger partial charge in [-0.05, 0) is 24.3 Å². The lowest BCUT2D eigenvalue weighted by molar-refractivity contribution is -0.274. The van der Waals surface area contributed by atoms with Crippen LogP contribution in [0.3, 0.4) is 0 Å². The van der Waals surface area contributed by atoms with Gasteiger partial charge in [0.05, 0.1) is 0 Å². The summed E-state index contributed by atoms with van der Waals surface area (Å²) < 4.78 is 78.8. The summed E-state index contributed by atoms with van der Waals surface area (Å²) in [6, 6.07) is 2.50. The maximum atomic E-state index is 13.0. The number of aliphatic carboxylic acids is 1. The van der Waals surface area contributed by atoms with Crippen molar-refractivity contribution < 1.29 is 41.0 Å². The van der Waals surface area contributed by atoms with Gasteiger partial charge < -0.3 is 15.2 Å². The quantitative estimate of drug-likeness (QED) is 0.818. The van der Waals surface area contributed by atoms with E-state index in [-0.39, 0.29) is 11.3 Å². The molecule has 1 aliphatic rings. The Hall–Kier alpha value is -2.39. The van der Waals surface area contributed by atoms with Gasteiger partial charge in [0.1, 0.15) is 5.75 Å². The summed E-state index contributed by atoms with van der Waals surface area (Å²) in [7, 11) is 0. The van der Waals surface area contributed by atoms with Crippen LogP contribution >= 0.6 is 0 Å². The minimum atomic E-state index is -5.14. The lowest BCUT2D eigenvalue weighted by Gasteiger charge is -2.33. The molecule has 10 heteroatoms. The second kappa shape index (κ2) is 4.82. The van der Waals surface area contributed by atoms with Crippen LogP contribution in [0.4, 0.5) is 32.0 Å². The number of hydrogen-bond acceptors (Lipinski definition) is 3.